The number of fused-ring (bicyclic) bond motifs is 1. The van der Waals surface area contributed by atoms with E-state index in [1.165, 1.54) is 28.8 Å². The third-order valence-corrected chi connectivity index (χ3v) is 5.76. The largest absolute Gasteiger partial charge is 0.435 e. The van der Waals surface area contributed by atoms with E-state index in [-0.39, 0.29) is 29.7 Å². The van der Waals surface area contributed by atoms with E-state index in [9.17, 15) is 22.8 Å². The van der Waals surface area contributed by atoms with Crippen molar-refractivity contribution in [2.45, 2.75) is 37.9 Å². The lowest BCUT2D eigenvalue weighted by Gasteiger charge is -2.19. The molecule has 1 fully saturated rings. The molecule has 0 aliphatic heterocycles. The molecule has 1 aliphatic rings. The van der Waals surface area contributed by atoms with Crippen molar-refractivity contribution in [3.63, 3.8) is 0 Å². The van der Waals surface area contributed by atoms with Crippen molar-refractivity contribution in [2.24, 2.45) is 5.92 Å². The SMILES string of the molecule is O=C(N[C@@H]1CCC[C@@H]1C(=O)NO)c1ccc(Cc2c(C(F)(F)F)nc3ccccn23)cc1. The summed E-state index contributed by atoms with van der Waals surface area (Å²) in [6, 6.07) is 10.7. The molecule has 32 heavy (non-hydrogen) atoms. The third kappa shape index (κ3) is 4.31. The normalized spacial score (nSPS) is 18.6. The number of halogens is 3. The van der Waals surface area contributed by atoms with E-state index in [2.05, 4.69) is 10.3 Å². The Hall–Kier alpha value is -3.40. The summed E-state index contributed by atoms with van der Waals surface area (Å²) >= 11 is 0. The number of amides is 2. The molecule has 1 saturated carbocycles. The highest BCUT2D eigenvalue weighted by Gasteiger charge is 2.38. The molecule has 168 valence electrons. The molecule has 3 aromatic rings. The molecular weight excluding hydrogens is 425 g/mol. The van der Waals surface area contributed by atoms with Crippen LogP contribution in [-0.4, -0.2) is 32.4 Å². The number of hydroxylamine groups is 1. The molecule has 0 radical (unpaired) electrons. The van der Waals surface area contributed by atoms with Crippen molar-refractivity contribution in [1.82, 2.24) is 20.2 Å². The van der Waals surface area contributed by atoms with Gasteiger partial charge in [0.1, 0.15) is 5.65 Å². The summed E-state index contributed by atoms with van der Waals surface area (Å²) < 4.78 is 41.9. The molecule has 0 saturated heterocycles. The van der Waals surface area contributed by atoms with E-state index in [1.807, 2.05) is 0 Å². The van der Waals surface area contributed by atoms with Crippen molar-refractivity contribution in [3.8, 4) is 0 Å². The van der Waals surface area contributed by atoms with Crippen molar-refractivity contribution in [3.05, 3.63) is 71.2 Å². The fourth-order valence-corrected chi connectivity index (χ4v) is 4.19. The minimum absolute atomic E-state index is 0.0106. The van der Waals surface area contributed by atoms with Gasteiger partial charge in [0.15, 0.2) is 5.69 Å². The van der Waals surface area contributed by atoms with Gasteiger partial charge in [-0.15, -0.1) is 0 Å². The standard InChI is InChI=1S/C22H21F3N4O3/c23-22(24,25)19-17(29-11-2-1-6-18(29)27-19)12-13-7-9-14(10-8-13)20(30)26-16-5-3-4-15(16)21(31)28-32/h1-2,6-11,15-16,32H,3-5,12H2,(H,26,30)(H,28,31)/t15-,16+/m0/s1. The summed E-state index contributed by atoms with van der Waals surface area (Å²) in [6.45, 7) is 0. The smallest absolute Gasteiger partial charge is 0.349 e. The van der Waals surface area contributed by atoms with Crippen molar-refractivity contribution in [2.75, 3.05) is 0 Å². The molecule has 1 aromatic carbocycles. The molecule has 1 aliphatic carbocycles. The summed E-state index contributed by atoms with van der Waals surface area (Å²) in [5.74, 6) is -1.42. The van der Waals surface area contributed by atoms with Gasteiger partial charge in [0.05, 0.1) is 11.6 Å². The number of nitrogens with zero attached hydrogens (tertiary/aromatic N) is 2. The lowest BCUT2D eigenvalue weighted by atomic mass is 10.0. The number of nitrogens with one attached hydrogen (secondary N) is 2. The van der Waals surface area contributed by atoms with Crippen LogP contribution in [0.25, 0.3) is 5.65 Å². The van der Waals surface area contributed by atoms with Crippen LogP contribution in [0.3, 0.4) is 0 Å². The van der Waals surface area contributed by atoms with Gasteiger partial charge in [-0.1, -0.05) is 24.6 Å². The lowest BCUT2D eigenvalue weighted by molar-refractivity contribution is -0.141. The Morgan fingerprint density at radius 1 is 1.12 bits per heavy atom. The summed E-state index contributed by atoms with van der Waals surface area (Å²) in [6.07, 6.45) is -1.12. The monoisotopic (exact) mass is 446 g/mol. The van der Waals surface area contributed by atoms with Gasteiger partial charge in [0.2, 0.25) is 5.91 Å². The Balaban J connectivity index is 1.51. The predicted molar refractivity (Wildman–Crippen MR) is 108 cm³/mol. The second kappa shape index (κ2) is 8.62. The van der Waals surface area contributed by atoms with E-state index in [0.717, 1.165) is 6.42 Å². The van der Waals surface area contributed by atoms with Crippen LogP contribution in [0.4, 0.5) is 13.2 Å². The summed E-state index contributed by atoms with van der Waals surface area (Å²) in [5.41, 5.74) is 1.86. The minimum Gasteiger partial charge on any atom is -0.349 e. The molecule has 0 unspecified atom stereocenters. The van der Waals surface area contributed by atoms with Crippen LogP contribution in [0.15, 0.2) is 48.7 Å². The van der Waals surface area contributed by atoms with Crippen molar-refractivity contribution in [1.29, 1.82) is 0 Å². The molecule has 0 bridgehead atoms. The first-order valence-corrected chi connectivity index (χ1v) is 10.1. The van der Waals surface area contributed by atoms with E-state index in [1.54, 1.807) is 29.7 Å². The summed E-state index contributed by atoms with van der Waals surface area (Å²) in [5, 5.41) is 11.7. The maximum atomic E-state index is 13.5. The highest BCUT2D eigenvalue weighted by Crippen LogP contribution is 2.33. The molecule has 7 nitrogen and oxygen atoms in total. The van der Waals surface area contributed by atoms with E-state index < -0.39 is 23.7 Å². The molecule has 2 atom stereocenters. The number of hydrogen-bond donors (Lipinski definition) is 3. The fourth-order valence-electron chi connectivity index (χ4n) is 4.19. The molecule has 2 aromatic heterocycles. The van der Waals surface area contributed by atoms with Gasteiger partial charge in [-0.3, -0.25) is 14.8 Å². The lowest BCUT2D eigenvalue weighted by Crippen LogP contribution is -2.43. The number of pyridine rings is 1. The Kier molecular flexibility index (Phi) is 5.88. The molecular formula is C22H21F3N4O3. The quantitative estimate of drug-likeness (QED) is 0.414. The maximum Gasteiger partial charge on any atom is 0.435 e. The van der Waals surface area contributed by atoms with Gasteiger partial charge in [-0.05, 0) is 42.7 Å². The maximum absolute atomic E-state index is 13.5. The average Bonchev–Trinajstić information content (AvgIpc) is 3.38. The Bertz CT molecular complexity index is 1140. The number of carbonyl (C=O) groups is 2. The average molecular weight is 446 g/mol. The molecule has 2 amide bonds. The second-order valence-electron chi connectivity index (χ2n) is 7.80. The first-order valence-electron chi connectivity index (χ1n) is 10.1. The first-order chi connectivity index (χ1) is 15.3. The van der Waals surface area contributed by atoms with E-state index in [0.29, 0.717) is 24.0 Å². The zero-order valence-electron chi connectivity index (χ0n) is 16.9. The van der Waals surface area contributed by atoms with E-state index >= 15 is 0 Å². The van der Waals surface area contributed by atoms with Gasteiger partial charge in [-0.25, -0.2) is 10.5 Å². The molecule has 0 spiro atoms. The van der Waals surface area contributed by atoms with Crippen LogP contribution in [-0.2, 0) is 17.4 Å². The van der Waals surface area contributed by atoms with E-state index in [4.69, 9.17) is 5.21 Å². The molecule has 4 rings (SSSR count). The van der Waals surface area contributed by atoms with Gasteiger partial charge >= 0.3 is 6.18 Å². The van der Waals surface area contributed by atoms with Crippen molar-refractivity contribution >= 4 is 17.5 Å². The van der Waals surface area contributed by atoms with Crippen LogP contribution in [0.2, 0.25) is 0 Å². The van der Waals surface area contributed by atoms with Crippen LogP contribution < -0.4 is 10.8 Å². The number of rotatable bonds is 5. The van der Waals surface area contributed by atoms with Crippen LogP contribution in [0.1, 0.15) is 46.6 Å². The van der Waals surface area contributed by atoms with Gasteiger partial charge in [-0.2, -0.15) is 13.2 Å². The molecule has 10 heteroatoms. The van der Waals surface area contributed by atoms with Gasteiger partial charge in [0, 0.05) is 24.2 Å². The third-order valence-electron chi connectivity index (χ3n) is 5.76. The summed E-state index contributed by atoms with van der Waals surface area (Å²) in [4.78, 5) is 28.0. The predicted octanol–water partition coefficient (Wildman–Crippen LogP) is 3.35. The highest BCUT2D eigenvalue weighted by atomic mass is 19.4. The molecule has 2 heterocycles. The number of aromatic nitrogens is 2. The zero-order valence-corrected chi connectivity index (χ0v) is 16.9. The highest BCUT2D eigenvalue weighted by molar-refractivity contribution is 5.95. The Morgan fingerprint density at radius 3 is 2.56 bits per heavy atom. The zero-order chi connectivity index (χ0) is 22.9. The number of hydrogen-bond acceptors (Lipinski definition) is 4. The fraction of sp³-hybridized carbons (Fsp3) is 0.318. The van der Waals surface area contributed by atoms with Gasteiger partial charge < -0.3 is 9.72 Å². The Labute approximate surface area is 181 Å². The van der Waals surface area contributed by atoms with Gasteiger partial charge in [0.25, 0.3) is 5.91 Å². The molecule has 3 N–H and O–H groups in total. The van der Waals surface area contributed by atoms with Crippen LogP contribution in [0.5, 0.6) is 0 Å². The first kappa shape index (κ1) is 21.8. The topological polar surface area (TPSA) is 95.7 Å². The number of alkyl halides is 3. The summed E-state index contributed by atoms with van der Waals surface area (Å²) in [7, 11) is 0. The number of imidazole rings is 1. The number of carbonyl (C=O) groups excluding carboxylic acids is 2. The minimum atomic E-state index is -4.58. The second-order valence-corrected chi connectivity index (χ2v) is 7.80. The Morgan fingerprint density at radius 2 is 1.88 bits per heavy atom. The number of benzene rings is 1. The van der Waals surface area contributed by atoms with Crippen LogP contribution >= 0.6 is 0 Å². The van der Waals surface area contributed by atoms with Crippen molar-refractivity contribution < 1.29 is 28.0 Å². The van der Waals surface area contributed by atoms with Crippen LogP contribution in [0, 0.1) is 5.92 Å².